The van der Waals surface area contributed by atoms with E-state index in [4.69, 9.17) is 0 Å². The molecule has 2 aromatic carbocycles. The lowest BCUT2D eigenvalue weighted by Gasteiger charge is -2.16. The molecular weight excluding hydrogens is 370 g/mol. The number of imide groups is 1. The zero-order chi connectivity index (χ0) is 20.4. The molecule has 1 N–H and O–H groups in total. The lowest BCUT2D eigenvalue weighted by molar-refractivity contribution is -0.121. The summed E-state index contributed by atoms with van der Waals surface area (Å²) in [6, 6.07) is 14.2. The summed E-state index contributed by atoms with van der Waals surface area (Å²) < 4.78 is 0. The molecule has 29 heavy (non-hydrogen) atoms. The Hall–Kier alpha value is -3.48. The molecule has 0 atom stereocenters. The van der Waals surface area contributed by atoms with Crippen molar-refractivity contribution >= 4 is 29.3 Å². The lowest BCUT2D eigenvalue weighted by atomic mass is 10.1. The Balaban J connectivity index is 1.27. The van der Waals surface area contributed by atoms with Crippen LogP contribution in [0.4, 0.5) is 5.69 Å². The van der Waals surface area contributed by atoms with Crippen LogP contribution in [0.1, 0.15) is 45.5 Å². The van der Waals surface area contributed by atoms with Gasteiger partial charge in [0.25, 0.3) is 11.8 Å². The summed E-state index contributed by atoms with van der Waals surface area (Å²) in [4.78, 5) is 51.5. The van der Waals surface area contributed by atoms with Crippen molar-refractivity contribution < 1.29 is 19.2 Å². The summed E-state index contributed by atoms with van der Waals surface area (Å²) in [7, 11) is 0. The summed E-state index contributed by atoms with van der Waals surface area (Å²) in [5.74, 6) is -0.810. The maximum atomic E-state index is 12.3. The quantitative estimate of drug-likeness (QED) is 0.764. The van der Waals surface area contributed by atoms with E-state index in [1.54, 1.807) is 29.2 Å². The van der Waals surface area contributed by atoms with Crippen molar-refractivity contribution in [3.8, 4) is 0 Å². The number of carbonyl (C=O) groups is 4. The largest absolute Gasteiger partial charge is 0.352 e. The average molecular weight is 391 g/mol. The number of fused-ring (bicyclic) bond motifs is 1. The number of benzene rings is 2. The Morgan fingerprint density at radius 3 is 2.17 bits per heavy atom. The normalized spacial score (nSPS) is 15.8. The summed E-state index contributed by atoms with van der Waals surface area (Å²) in [6.07, 6.45) is 1.51. The fourth-order valence-corrected chi connectivity index (χ4v) is 3.66. The van der Waals surface area contributed by atoms with Crippen LogP contribution >= 0.6 is 0 Å². The lowest BCUT2D eigenvalue weighted by Crippen LogP contribution is -2.34. The second-order valence-electron chi connectivity index (χ2n) is 7.15. The molecule has 0 saturated carbocycles. The van der Waals surface area contributed by atoms with E-state index in [0.29, 0.717) is 24.1 Å². The predicted octanol–water partition coefficient (Wildman–Crippen LogP) is 2.12. The fourth-order valence-electron chi connectivity index (χ4n) is 3.66. The third-order valence-electron chi connectivity index (χ3n) is 5.25. The molecule has 2 aliphatic rings. The van der Waals surface area contributed by atoms with Crippen molar-refractivity contribution in [2.24, 2.45) is 0 Å². The standard InChI is InChI=1S/C22H21N3O4/c26-19(11-13-25-21(28)17-4-1-2-5-18(17)22(25)29)23-14-15-7-9-16(10-8-15)24-12-3-6-20(24)27/h1-2,4-5,7-10H,3,6,11-14H2,(H,23,26). The molecular formula is C22H21N3O4. The number of anilines is 1. The summed E-state index contributed by atoms with van der Waals surface area (Å²) in [5, 5.41) is 2.80. The van der Waals surface area contributed by atoms with Gasteiger partial charge in [-0.25, -0.2) is 0 Å². The van der Waals surface area contributed by atoms with Crippen LogP contribution in [-0.2, 0) is 16.1 Å². The molecule has 0 aliphatic carbocycles. The Morgan fingerprint density at radius 2 is 1.59 bits per heavy atom. The number of nitrogens with one attached hydrogen (secondary N) is 1. The van der Waals surface area contributed by atoms with E-state index in [1.807, 2.05) is 24.3 Å². The summed E-state index contributed by atoms with van der Waals surface area (Å²) >= 11 is 0. The van der Waals surface area contributed by atoms with Crippen molar-refractivity contribution in [3.63, 3.8) is 0 Å². The van der Waals surface area contributed by atoms with Crippen LogP contribution in [-0.4, -0.2) is 41.6 Å². The van der Waals surface area contributed by atoms with Crippen LogP contribution < -0.4 is 10.2 Å². The topological polar surface area (TPSA) is 86.8 Å². The Kier molecular flexibility index (Phi) is 5.12. The van der Waals surface area contributed by atoms with Crippen LogP contribution in [0.2, 0.25) is 0 Å². The highest BCUT2D eigenvalue weighted by atomic mass is 16.2. The van der Waals surface area contributed by atoms with Gasteiger partial charge in [-0.05, 0) is 36.2 Å². The highest BCUT2D eigenvalue weighted by molar-refractivity contribution is 6.21. The maximum Gasteiger partial charge on any atom is 0.261 e. The second kappa shape index (κ2) is 7.87. The van der Waals surface area contributed by atoms with Gasteiger partial charge in [0.2, 0.25) is 11.8 Å². The zero-order valence-corrected chi connectivity index (χ0v) is 15.9. The minimum atomic E-state index is -0.356. The minimum Gasteiger partial charge on any atom is -0.352 e. The summed E-state index contributed by atoms with van der Waals surface area (Å²) in [6.45, 7) is 1.14. The Labute approximate surface area is 168 Å². The van der Waals surface area contributed by atoms with Gasteiger partial charge in [0.15, 0.2) is 0 Å². The van der Waals surface area contributed by atoms with Crippen molar-refractivity contribution in [1.82, 2.24) is 10.2 Å². The van der Waals surface area contributed by atoms with Crippen molar-refractivity contribution in [1.29, 1.82) is 0 Å². The van der Waals surface area contributed by atoms with Crippen LogP contribution in [0.5, 0.6) is 0 Å². The predicted molar refractivity (Wildman–Crippen MR) is 106 cm³/mol. The fraction of sp³-hybridized carbons (Fsp3) is 0.273. The van der Waals surface area contributed by atoms with Gasteiger partial charge in [0.05, 0.1) is 11.1 Å². The molecule has 7 heteroatoms. The molecule has 1 fully saturated rings. The molecule has 4 amide bonds. The molecule has 0 unspecified atom stereocenters. The molecule has 7 nitrogen and oxygen atoms in total. The van der Waals surface area contributed by atoms with Crippen molar-refractivity contribution in [3.05, 3.63) is 65.2 Å². The highest BCUT2D eigenvalue weighted by Gasteiger charge is 2.34. The molecule has 2 aromatic rings. The number of carbonyl (C=O) groups excluding carboxylic acids is 4. The maximum absolute atomic E-state index is 12.3. The van der Waals surface area contributed by atoms with Gasteiger partial charge in [-0.15, -0.1) is 0 Å². The van der Waals surface area contributed by atoms with Crippen LogP contribution in [0.25, 0.3) is 0 Å². The first kappa shape index (κ1) is 18.9. The van der Waals surface area contributed by atoms with Gasteiger partial charge < -0.3 is 10.2 Å². The Morgan fingerprint density at radius 1 is 0.931 bits per heavy atom. The van der Waals surface area contributed by atoms with E-state index in [-0.39, 0.29) is 36.6 Å². The molecule has 0 bridgehead atoms. The van der Waals surface area contributed by atoms with E-state index in [2.05, 4.69) is 5.32 Å². The van der Waals surface area contributed by atoms with E-state index in [1.165, 1.54) is 0 Å². The van der Waals surface area contributed by atoms with Crippen LogP contribution in [0.15, 0.2) is 48.5 Å². The van der Waals surface area contributed by atoms with Crippen LogP contribution in [0.3, 0.4) is 0 Å². The average Bonchev–Trinajstić information content (AvgIpc) is 3.27. The van der Waals surface area contributed by atoms with Crippen molar-refractivity contribution in [2.75, 3.05) is 18.0 Å². The smallest absolute Gasteiger partial charge is 0.261 e. The molecule has 4 rings (SSSR count). The summed E-state index contributed by atoms with van der Waals surface area (Å²) in [5.41, 5.74) is 2.55. The van der Waals surface area contributed by atoms with E-state index in [0.717, 1.165) is 29.1 Å². The zero-order valence-electron chi connectivity index (χ0n) is 15.9. The first-order chi connectivity index (χ1) is 14.0. The van der Waals surface area contributed by atoms with Gasteiger partial charge in [-0.1, -0.05) is 24.3 Å². The van der Waals surface area contributed by atoms with Gasteiger partial charge in [0, 0.05) is 38.2 Å². The minimum absolute atomic E-state index is 0.0475. The van der Waals surface area contributed by atoms with E-state index in [9.17, 15) is 19.2 Å². The highest BCUT2D eigenvalue weighted by Crippen LogP contribution is 2.23. The molecule has 148 valence electrons. The number of nitrogens with zero attached hydrogens (tertiary/aromatic N) is 2. The molecule has 0 radical (unpaired) electrons. The molecule has 2 heterocycles. The van der Waals surface area contributed by atoms with Gasteiger partial charge >= 0.3 is 0 Å². The number of hydrogen-bond donors (Lipinski definition) is 1. The molecule has 0 aromatic heterocycles. The van der Waals surface area contributed by atoms with Crippen molar-refractivity contribution in [2.45, 2.75) is 25.8 Å². The number of hydrogen-bond acceptors (Lipinski definition) is 4. The van der Waals surface area contributed by atoms with Gasteiger partial charge in [-0.3, -0.25) is 24.1 Å². The Bertz CT molecular complexity index is 949. The third-order valence-corrected chi connectivity index (χ3v) is 5.25. The monoisotopic (exact) mass is 391 g/mol. The third kappa shape index (κ3) is 3.76. The number of amides is 4. The second-order valence-corrected chi connectivity index (χ2v) is 7.15. The molecule has 1 saturated heterocycles. The van der Waals surface area contributed by atoms with Crippen LogP contribution in [0, 0.1) is 0 Å². The van der Waals surface area contributed by atoms with E-state index < -0.39 is 0 Å². The van der Waals surface area contributed by atoms with Gasteiger partial charge in [-0.2, -0.15) is 0 Å². The first-order valence-electron chi connectivity index (χ1n) is 9.66. The number of rotatable bonds is 6. The van der Waals surface area contributed by atoms with Gasteiger partial charge in [0.1, 0.15) is 0 Å². The molecule has 0 spiro atoms. The SMILES string of the molecule is O=C(CCN1C(=O)c2ccccc2C1=O)NCc1ccc(N2CCCC2=O)cc1. The first-order valence-corrected chi connectivity index (χ1v) is 9.66. The van der Waals surface area contributed by atoms with E-state index >= 15 is 0 Å². The molecule has 2 aliphatic heterocycles.